The SMILES string of the molecule is Cc1nc(CNC(=O)c2csc(-c3ccsc3)n2)oc1C. The Bertz CT molecular complexity index is 740. The Kier molecular flexibility index (Phi) is 3.85. The monoisotopic (exact) mass is 319 g/mol. The first kappa shape index (κ1) is 14.0. The fraction of sp³-hybridized carbons (Fsp3) is 0.214. The average molecular weight is 319 g/mol. The lowest BCUT2D eigenvalue weighted by Crippen LogP contribution is -2.23. The molecule has 3 rings (SSSR count). The van der Waals surface area contributed by atoms with E-state index >= 15 is 0 Å². The Balaban J connectivity index is 1.66. The number of oxazole rings is 1. The van der Waals surface area contributed by atoms with Gasteiger partial charge in [0.2, 0.25) is 5.89 Å². The lowest BCUT2D eigenvalue weighted by molar-refractivity contribution is 0.0943. The maximum atomic E-state index is 12.1. The smallest absolute Gasteiger partial charge is 0.271 e. The van der Waals surface area contributed by atoms with Gasteiger partial charge in [-0.1, -0.05) is 0 Å². The highest BCUT2D eigenvalue weighted by Crippen LogP contribution is 2.25. The summed E-state index contributed by atoms with van der Waals surface area (Å²) in [6.45, 7) is 3.98. The highest BCUT2D eigenvalue weighted by Gasteiger charge is 2.13. The molecule has 0 aliphatic heterocycles. The molecule has 1 amide bonds. The number of thiazole rings is 1. The van der Waals surface area contributed by atoms with E-state index in [2.05, 4.69) is 15.3 Å². The second-order valence-corrected chi connectivity index (χ2v) is 6.12. The molecule has 0 fully saturated rings. The summed E-state index contributed by atoms with van der Waals surface area (Å²) in [7, 11) is 0. The van der Waals surface area contributed by atoms with Gasteiger partial charge in [0, 0.05) is 16.3 Å². The van der Waals surface area contributed by atoms with Crippen molar-refractivity contribution < 1.29 is 9.21 Å². The molecular formula is C14H13N3O2S2. The van der Waals surface area contributed by atoms with E-state index in [9.17, 15) is 4.79 Å². The molecule has 3 aromatic heterocycles. The van der Waals surface area contributed by atoms with Gasteiger partial charge in [0.15, 0.2) is 0 Å². The molecular weight excluding hydrogens is 306 g/mol. The number of aromatic nitrogens is 2. The van der Waals surface area contributed by atoms with Gasteiger partial charge < -0.3 is 9.73 Å². The van der Waals surface area contributed by atoms with Crippen LogP contribution in [-0.2, 0) is 6.54 Å². The van der Waals surface area contributed by atoms with E-state index in [1.165, 1.54) is 11.3 Å². The van der Waals surface area contributed by atoms with Crippen LogP contribution in [0.3, 0.4) is 0 Å². The summed E-state index contributed by atoms with van der Waals surface area (Å²) in [5, 5.41) is 9.38. The van der Waals surface area contributed by atoms with Crippen LogP contribution < -0.4 is 5.32 Å². The minimum atomic E-state index is -0.221. The van der Waals surface area contributed by atoms with Gasteiger partial charge in [0.25, 0.3) is 5.91 Å². The molecule has 0 aromatic carbocycles. The largest absolute Gasteiger partial charge is 0.444 e. The second kappa shape index (κ2) is 5.79. The van der Waals surface area contributed by atoms with Gasteiger partial charge in [-0.15, -0.1) is 11.3 Å². The van der Waals surface area contributed by atoms with Crippen molar-refractivity contribution in [3.63, 3.8) is 0 Å². The van der Waals surface area contributed by atoms with Gasteiger partial charge in [0.1, 0.15) is 16.5 Å². The van der Waals surface area contributed by atoms with Gasteiger partial charge in [-0.2, -0.15) is 11.3 Å². The molecule has 108 valence electrons. The normalized spacial score (nSPS) is 10.8. The van der Waals surface area contributed by atoms with Crippen LogP contribution in [0.4, 0.5) is 0 Å². The van der Waals surface area contributed by atoms with Crippen molar-refractivity contribution in [1.29, 1.82) is 0 Å². The summed E-state index contributed by atoms with van der Waals surface area (Å²) in [6.07, 6.45) is 0. The topological polar surface area (TPSA) is 68.0 Å². The summed E-state index contributed by atoms with van der Waals surface area (Å²) in [6, 6.07) is 1.99. The van der Waals surface area contributed by atoms with E-state index in [-0.39, 0.29) is 12.5 Å². The molecule has 0 atom stereocenters. The molecule has 5 nitrogen and oxygen atoms in total. The lowest BCUT2D eigenvalue weighted by Gasteiger charge is -1.99. The Morgan fingerprint density at radius 2 is 2.19 bits per heavy atom. The third-order valence-electron chi connectivity index (χ3n) is 2.98. The number of rotatable bonds is 4. The van der Waals surface area contributed by atoms with Crippen LogP contribution in [0.2, 0.25) is 0 Å². The predicted molar refractivity (Wildman–Crippen MR) is 82.6 cm³/mol. The number of carbonyl (C=O) groups excluding carboxylic acids is 1. The second-order valence-electron chi connectivity index (χ2n) is 4.48. The molecule has 3 aromatic rings. The zero-order chi connectivity index (χ0) is 14.8. The first-order valence-corrected chi connectivity index (χ1v) is 8.15. The van der Waals surface area contributed by atoms with Gasteiger partial charge in [-0.05, 0) is 25.3 Å². The third-order valence-corrected chi connectivity index (χ3v) is 4.55. The molecule has 21 heavy (non-hydrogen) atoms. The van der Waals surface area contributed by atoms with E-state index in [1.807, 2.05) is 30.7 Å². The number of aryl methyl sites for hydroxylation is 2. The van der Waals surface area contributed by atoms with Crippen LogP contribution in [0.25, 0.3) is 10.6 Å². The van der Waals surface area contributed by atoms with E-state index < -0.39 is 0 Å². The molecule has 3 heterocycles. The van der Waals surface area contributed by atoms with Crippen LogP contribution >= 0.6 is 22.7 Å². The molecule has 0 unspecified atom stereocenters. The van der Waals surface area contributed by atoms with Crippen LogP contribution in [0.15, 0.2) is 26.6 Å². The van der Waals surface area contributed by atoms with Gasteiger partial charge in [0.05, 0.1) is 12.2 Å². The first-order valence-electron chi connectivity index (χ1n) is 6.32. The van der Waals surface area contributed by atoms with Gasteiger partial charge >= 0.3 is 0 Å². The zero-order valence-corrected chi connectivity index (χ0v) is 13.2. The number of hydrogen-bond donors (Lipinski definition) is 1. The summed E-state index contributed by atoms with van der Waals surface area (Å²) < 4.78 is 5.42. The van der Waals surface area contributed by atoms with E-state index in [4.69, 9.17) is 4.42 Å². The lowest BCUT2D eigenvalue weighted by atomic mass is 10.3. The quantitative estimate of drug-likeness (QED) is 0.800. The fourth-order valence-electron chi connectivity index (χ4n) is 1.76. The van der Waals surface area contributed by atoms with E-state index in [0.29, 0.717) is 11.6 Å². The summed E-state index contributed by atoms with van der Waals surface area (Å²) in [4.78, 5) is 20.6. The molecule has 0 saturated heterocycles. The minimum absolute atomic E-state index is 0.221. The molecule has 0 aliphatic rings. The number of thiophene rings is 1. The Morgan fingerprint density at radius 1 is 1.33 bits per heavy atom. The minimum Gasteiger partial charge on any atom is -0.444 e. The predicted octanol–water partition coefficient (Wildman–Crippen LogP) is 3.41. The van der Waals surface area contributed by atoms with E-state index in [1.54, 1.807) is 16.7 Å². The molecule has 0 bridgehead atoms. The van der Waals surface area contributed by atoms with Gasteiger partial charge in [-0.3, -0.25) is 4.79 Å². The van der Waals surface area contributed by atoms with Crippen molar-refractivity contribution in [2.24, 2.45) is 0 Å². The summed E-state index contributed by atoms with van der Waals surface area (Å²) in [5.41, 5.74) is 2.30. The Hall–Kier alpha value is -1.99. The van der Waals surface area contributed by atoms with Gasteiger partial charge in [-0.25, -0.2) is 9.97 Å². The van der Waals surface area contributed by atoms with Crippen LogP contribution in [0.5, 0.6) is 0 Å². The van der Waals surface area contributed by atoms with Crippen LogP contribution in [0, 0.1) is 13.8 Å². The van der Waals surface area contributed by atoms with Crippen molar-refractivity contribution in [3.8, 4) is 10.6 Å². The first-order chi connectivity index (χ1) is 10.1. The van der Waals surface area contributed by atoms with Crippen LogP contribution in [0.1, 0.15) is 27.8 Å². The molecule has 0 saturated carbocycles. The third kappa shape index (κ3) is 3.03. The maximum Gasteiger partial charge on any atom is 0.271 e. The van der Waals surface area contributed by atoms with E-state index in [0.717, 1.165) is 22.0 Å². The van der Waals surface area contributed by atoms with Crippen molar-refractivity contribution in [3.05, 3.63) is 45.2 Å². The standard InChI is InChI=1S/C14H13N3O2S2/c1-8-9(2)19-12(16-8)5-15-13(18)11-7-21-14(17-11)10-3-4-20-6-10/h3-4,6-7H,5H2,1-2H3,(H,15,18). The molecule has 0 spiro atoms. The number of nitrogens with one attached hydrogen (secondary N) is 1. The highest BCUT2D eigenvalue weighted by atomic mass is 32.1. The van der Waals surface area contributed by atoms with Crippen molar-refractivity contribution in [1.82, 2.24) is 15.3 Å². The molecule has 7 heteroatoms. The molecule has 0 radical (unpaired) electrons. The summed E-state index contributed by atoms with van der Waals surface area (Å²) >= 11 is 3.07. The highest BCUT2D eigenvalue weighted by molar-refractivity contribution is 7.14. The fourth-order valence-corrected chi connectivity index (χ4v) is 3.27. The average Bonchev–Trinajstić information content (AvgIpc) is 3.17. The maximum absolute atomic E-state index is 12.1. The van der Waals surface area contributed by atoms with Crippen molar-refractivity contribution in [2.45, 2.75) is 20.4 Å². The zero-order valence-electron chi connectivity index (χ0n) is 11.5. The molecule has 1 N–H and O–H groups in total. The summed E-state index contributed by atoms with van der Waals surface area (Å²) in [5.74, 6) is 1.06. The van der Waals surface area contributed by atoms with Crippen molar-refractivity contribution >= 4 is 28.6 Å². The number of hydrogen-bond acceptors (Lipinski definition) is 6. The number of carbonyl (C=O) groups is 1. The van der Waals surface area contributed by atoms with Crippen molar-refractivity contribution in [2.75, 3.05) is 0 Å². The molecule has 0 aliphatic carbocycles. The Morgan fingerprint density at radius 3 is 2.86 bits per heavy atom. The van der Waals surface area contributed by atoms with Crippen LogP contribution in [-0.4, -0.2) is 15.9 Å². The Labute approximate surface area is 129 Å². The number of nitrogens with zero attached hydrogens (tertiary/aromatic N) is 2. The number of amides is 1.